The fourth-order valence-corrected chi connectivity index (χ4v) is 2.53. The highest BCUT2D eigenvalue weighted by molar-refractivity contribution is 5.95. The second kappa shape index (κ2) is 10.1. The third-order valence-corrected chi connectivity index (χ3v) is 4.18. The average molecular weight is 410 g/mol. The molecule has 0 aliphatic heterocycles. The molecule has 3 aromatic rings. The summed E-state index contributed by atoms with van der Waals surface area (Å²) in [5.74, 6) is 0.0306. The van der Waals surface area contributed by atoms with Crippen molar-refractivity contribution < 1.29 is 13.9 Å². The van der Waals surface area contributed by atoms with E-state index in [1.165, 1.54) is 24.5 Å². The summed E-state index contributed by atoms with van der Waals surface area (Å²) in [4.78, 5) is 20.3. The number of nitrogens with zero attached hydrogens (tertiary/aromatic N) is 2. The predicted molar refractivity (Wildman–Crippen MR) is 114 cm³/mol. The Morgan fingerprint density at radius 2 is 1.83 bits per heavy atom. The van der Waals surface area contributed by atoms with Gasteiger partial charge in [0.15, 0.2) is 11.6 Å². The number of benzene rings is 2. The van der Waals surface area contributed by atoms with Gasteiger partial charge in [0, 0.05) is 5.69 Å². The summed E-state index contributed by atoms with van der Waals surface area (Å²) in [5.41, 5.74) is 11.9. The van der Waals surface area contributed by atoms with Crippen LogP contribution in [-0.4, -0.2) is 22.5 Å². The van der Waals surface area contributed by atoms with Crippen LogP contribution in [0.4, 0.5) is 27.4 Å². The molecule has 156 valence electrons. The minimum atomic E-state index is -0.653. The largest absolute Gasteiger partial charge is 0.494 e. The van der Waals surface area contributed by atoms with Gasteiger partial charge in [0.1, 0.15) is 23.6 Å². The highest BCUT2D eigenvalue weighted by Gasteiger charge is 2.13. The van der Waals surface area contributed by atoms with Gasteiger partial charge in [0.05, 0.1) is 12.2 Å². The molecule has 1 heterocycles. The summed E-state index contributed by atoms with van der Waals surface area (Å²) < 4.78 is 19.3. The zero-order chi connectivity index (χ0) is 21.3. The maximum atomic E-state index is 13.7. The molecule has 0 unspecified atom stereocenters. The number of aromatic nitrogens is 2. The van der Waals surface area contributed by atoms with Crippen molar-refractivity contribution in [1.82, 2.24) is 15.4 Å². The summed E-state index contributed by atoms with van der Waals surface area (Å²) in [7, 11) is 0. The Morgan fingerprint density at radius 1 is 1.10 bits per heavy atom. The normalized spacial score (nSPS) is 10.3. The van der Waals surface area contributed by atoms with E-state index >= 15 is 0 Å². The van der Waals surface area contributed by atoms with E-state index in [0.717, 1.165) is 24.3 Å². The number of ether oxygens (including phenoxy) is 1. The number of hydrogen-bond donors (Lipinski definition) is 4. The summed E-state index contributed by atoms with van der Waals surface area (Å²) in [6, 6.07) is 13.0. The van der Waals surface area contributed by atoms with Crippen molar-refractivity contribution >= 4 is 28.9 Å². The smallest absolute Gasteiger partial charge is 0.272 e. The molecule has 9 heteroatoms. The van der Waals surface area contributed by atoms with Gasteiger partial charge in [0.2, 0.25) is 0 Å². The Bertz CT molecular complexity index is 997. The topological polar surface area (TPSA) is 114 Å². The lowest BCUT2D eigenvalue weighted by molar-refractivity contribution is 0.0958. The van der Waals surface area contributed by atoms with Gasteiger partial charge < -0.3 is 15.8 Å². The third-order valence-electron chi connectivity index (χ3n) is 4.18. The van der Waals surface area contributed by atoms with Crippen LogP contribution in [0.2, 0.25) is 0 Å². The number of hydrazine groups is 1. The monoisotopic (exact) mass is 410 g/mol. The third kappa shape index (κ3) is 5.34. The van der Waals surface area contributed by atoms with Crippen molar-refractivity contribution in [3.8, 4) is 5.75 Å². The predicted octanol–water partition coefficient (Wildman–Crippen LogP) is 3.88. The molecule has 1 aromatic heterocycles. The van der Waals surface area contributed by atoms with E-state index in [1.54, 1.807) is 6.07 Å². The van der Waals surface area contributed by atoms with Crippen molar-refractivity contribution in [2.45, 2.75) is 19.8 Å². The molecule has 2 aromatic carbocycles. The number of rotatable bonds is 9. The van der Waals surface area contributed by atoms with Crippen molar-refractivity contribution in [1.29, 1.82) is 0 Å². The lowest BCUT2D eigenvalue weighted by Crippen LogP contribution is -2.31. The van der Waals surface area contributed by atoms with Crippen LogP contribution in [0.15, 0.2) is 54.9 Å². The molecule has 5 N–H and O–H groups in total. The molecular formula is C21H23FN6O2. The molecule has 1 amide bonds. The number of nitrogen functional groups attached to an aromatic ring is 1. The molecule has 0 saturated heterocycles. The SMILES string of the molecule is CCCCOc1ccc(Nc2ncnc(NNC(=O)c3ccccc3F)c2N)cc1. The molecule has 3 rings (SSSR count). The van der Waals surface area contributed by atoms with Gasteiger partial charge >= 0.3 is 0 Å². The van der Waals surface area contributed by atoms with Crippen LogP contribution in [0, 0.1) is 5.82 Å². The fraction of sp³-hybridized carbons (Fsp3) is 0.190. The number of nitrogens with one attached hydrogen (secondary N) is 3. The van der Waals surface area contributed by atoms with Crippen molar-refractivity contribution in [2.24, 2.45) is 0 Å². The standard InChI is InChI=1S/C21H23FN6O2/c1-2-3-12-30-15-10-8-14(9-11-15)26-19-18(23)20(25-13-24-19)27-28-21(29)16-6-4-5-7-17(16)22/h4-11,13H,2-3,12,23H2,1H3,(H,28,29)(H2,24,25,26,27). The Kier molecular flexibility index (Phi) is 6.99. The highest BCUT2D eigenvalue weighted by Crippen LogP contribution is 2.26. The van der Waals surface area contributed by atoms with Crippen molar-refractivity contribution in [3.05, 3.63) is 66.2 Å². The second-order valence-electron chi connectivity index (χ2n) is 6.39. The first kappa shape index (κ1) is 20.8. The molecule has 0 saturated carbocycles. The van der Waals surface area contributed by atoms with Gasteiger partial charge in [0.25, 0.3) is 5.91 Å². The van der Waals surface area contributed by atoms with Gasteiger partial charge in [-0.1, -0.05) is 25.5 Å². The number of amides is 1. The quantitative estimate of drug-likeness (QED) is 0.313. The Hall–Kier alpha value is -3.88. The van der Waals surface area contributed by atoms with E-state index in [0.29, 0.717) is 12.4 Å². The fourth-order valence-electron chi connectivity index (χ4n) is 2.53. The van der Waals surface area contributed by atoms with E-state index < -0.39 is 11.7 Å². The first-order valence-electron chi connectivity index (χ1n) is 9.49. The molecule has 0 atom stereocenters. The lowest BCUT2D eigenvalue weighted by atomic mass is 10.2. The van der Waals surface area contributed by atoms with Gasteiger partial charge in [-0.2, -0.15) is 0 Å². The molecule has 0 aliphatic rings. The van der Waals surface area contributed by atoms with Crippen LogP contribution in [0.3, 0.4) is 0 Å². The molecule has 0 radical (unpaired) electrons. The minimum absolute atomic E-state index is 0.0998. The minimum Gasteiger partial charge on any atom is -0.494 e. The molecular weight excluding hydrogens is 387 g/mol. The van der Waals surface area contributed by atoms with Crippen LogP contribution in [0.5, 0.6) is 5.75 Å². The number of hydrogen-bond acceptors (Lipinski definition) is 7. The number of unbranched alkanes of at least 4 members (excludes halogenated alkanes) is 1. The average Bonchev–Trinajstić information content (AvgIpc) is 2.76. The van der Waals surface area contributed by atoms with E-state index in [2.05, 4.69) is 33.1 Å². The number of anilines is 4. The highest BCUT2D eigenvalue weighted by atomic mass is 19.1. The Morgan fingerprint density at radius 3 is 2.57 bits per heavy atom. The van der Waals surface area contributed by atoms with Gasteiger partial charge in [-0.15, -0.1) is 0 Å². The van der Waals surface area contributed by atoms with E-state index in [1.807, 2.05) is 24.3 Å². The van der Waals surface area contributed by atoms with Crippen LogP contribution < -0.4 is 26.6 Å². The zero-order valence-corrected chi connectivity index (χ0v) is 16.5. The van der Waals surface area contributed by atoms with Gasteiger partial charge in [-0.3, -0.25) is 15.6 Å². The molecule has 0 fully saturated rings. The number of carbonyl (C=O) groups is 1. The number of carbonyl (C=O) groups excluding carboxylic acids is 1. The zero-order valence-electron chi connectivity index (χ0n) is 16.5. The van der Waals surface area contributed by atoms with Crippen LogP contribution >= 0.6 is 0 Å². The van der Waals surface area contributed by atoms with Crippen LogP contribution in [0.1, 0.15) is 30.1 Å². The molecule has 0 spiro atoms. The van der Waals surface area contributed by atoms with E-state index in [9.17, 15) is 9.18 Å². The van der Waals surface area contributed by atoms with Gasteiger partial charge in [-0.25, -0.2) is 14.4 Å². The van der Waals surface area contributed by atoms with E-state index in [-0.39, 0.29) is 17.1 Å². The Labute approximate surface area is 173 Å². The summed E-state index contributed by atoms with van der Waals surface area (Å²) in [6.07, 6.45) is 3.36. The lowest BCUT2D eigenvalue weighted by Gasteiger charge is -2.13. The van der Waals surface area contributed by atoms with Crippen molar-refractivity contribution in [3.63, 3.8) is 0 Å². The first-order chi connectivity index (χ1) is 14.6. The molecule has 0 bridgehead atoms. The maximum Gasteiger partial charge on any atom is 0.272 e. The van der Waals surface area contributed by atoms with Gasteiger partial charge in [-0.05, 0) is 42.8 Å². The number of halogens is 1. The number of nitrogens with two attached hydrogens (primary N) is 1. The summed E-state index contributed by atoms with van der Waals surface area (Å²) in [6.45, 7) is 2.78. The summed E-state index contributed by atoms with van der Waals surface area (Å²) in [5, 5.41) is 3.09. The van der Waals surface area contributed by atoms with Crippen molar-refractivity contribution in [2.75, 3.05) is 23.1 Å². The van der Waals surface area contributed by atoms with Crippen LogP contribution in [-0.2, 0) is 0 Å². The Balaban J connectivity index is 1.63. The van der Waals surface area contributed by atoms with Crippen LogP contribution in [0.25, 0.3) is 0 Å². The maximum absolute atomic E-state index is 13.7. The molecule has 30 heavy (non-hydrogen) atoms. The molecule has 8 nitrogen and oxygen atoms in total. The van der Waals surface area contributed by atoms with E-state index in [4.69, 9.17) is 10.5 Å². The second-order valence-corrected chi connectivity index (χ2v) is 6.39. The first-order valence-corrected chi connectivity index (χ1v) is 9.49. The molecule has 0 aliphatic carbocycles. The summed E-state index contributed by atoms with van der Waals surface area (Å²) >= 11 is 0.